The van der Waals surface area contributed by atoms with E-state index in [4.69, 9.17) is 11.5 Å². The summed E-state index contributed by atoms with van der Waals surface area (Å²) in [6.45, 7) is 0. The Bertz CT molecular complexity index is 2720. The molecule has 6 rings (SSSR count). The van der Waals surface area contributed by atoms with E-state index in [0.717, 1.165) is 42.5 Å². The maximum Gasteiger partial charge on any atom is 3.00 e. The Morgan fingerprint density at radius 1 is 0.614 bits per heavy atom. The van der Waals surface area contributed by atoms with E-state index in [9.17, 15) is 66.6 Å². The van der Waals surface area contributed by atoms with E-state index >= 15 is 0 Å². The molecular weight excluding hydrogens is 837 g/mol. The van der Waals surface area contributed by atoms with Crippen LogP contribution in [0.3, 0.4) is 0 Å². The average molecular weight is 858 g/mol. The molecule has 0 aromatic heterocycles. The van der Waals surface area contributed by atoms with Gasteiger partial charge in [-0.25, -0.2) is 8.42 Å². The van der Waals surface area contributed by atoms with Crippen molar-refractivity contribution in [2.24, 2.45) is 20.5 Å². The maximum atomic E-state index is 12.6. The quantitative estimate of drug-likeness (QED) is 0.0432. The molecule has 0 saturated heterocycles. The minimum absolute atomic E-state index is 0. The zero-order chi connectivity index (χ0) is 41.3. The van der Waals surface area contributed by atoms with Gasteiger partial charge in [-0.15, -0.1) is 15.3 Å². The smallest absolute Gasteiger partial charge is 0.871 e. The molecule has 0 spiro atoms. The third kappa shape index (κ3) is 9.45. The molecule has 0 aliphatic carbocycles. The van der Waals surface area contributed by atoms with E-state index in [0.29, 0.717) is 11.8 Å². The number of nitro groups is 2. The molecule has 0 atom stereocenters. The molecule has 1 radical (unpaired) electrons. The first-order chi connectivity index (χ1) is 26.1. The van der Waals surface area contributed by atoms with Crippen LogP contribution in [-0.4, -0.2) is 46.0 Å². The van der Waals surface area contributed by atoms with Gasteiger partial charge in [0, 0.05) is 35.0 Å². The SMILES string of the molecule is Nc1ccc2c(O)c(N=Nc3ccc([N+](=O)[O-])cc3O)c(S(=O)(=O)O)cc2c1.Nc1ccc2c([O-])c(N=Nc3ccc([N+](=O)[O-])cc3[O-])c(S(=O)(=O)[O-])cc2c1.[Cr+3]. The Hall–Kier alpha value is -7.01. The fourth-order valence-corrected chi connectivity index (χ4v) is 6.22. The van der Waals surface area contributed by atoms with Gasteiger partial charge in [0.1, 0.15) is 32.1 Å². The summed E-state index contributed by atoms with van der Waals surface area (Å²) in [5, 5.41) is 80.9. The van der Waals surface area contributed by atoms with Crippen molar-refractivity contribution in [3.05, 3.63) is 105 Å². The Morgan fingerprint density at radius 2 is 1.11 bits per heavy atom. The van der Waals surface area contributed by atoms with E-state index in [-0.39, 0.29) is 61.7 Å². The van der Waals surface area contributed by atoms with Crippen LogP contribution < -0.4 is 21.7 Å². The molecule has 291 valence electrons. The van der Waals surface area contributed by atoms with Gasteiger partial charge < -0.3 is 36.4 Å². The molecule has 0 aliphatic rings. The summed E-state index contributed by atoms with van der Waals surface area (Å²) in [6.07, 6.45) is 0. The average Bonchev–Trinajstić information content (AvgIpc) is 3.10. The van der Waals surface area contributed by atoms with E-state index < -0.39 is 79.9 Å². The number of fused-ring (bicyclic) bond motifs is 2. The van der Waals surface area contributed by atoms with Crippen LogP contribution in [0.1, 0.15) is 0 Å². The Balaban J connectivity index is 0.000000248. The van der Waals surface area contributed by atoms with Crippen LogP contribution in [-0.2, 0) is 37.6 Å². The molecule has 0 aliphatic heterocycles. The second kappa shape index (κ2) is 16.4. The first kappa shape index (κ1) is 42.7. The molecule has 0 heterocycles. The van der Waals surface area contributed by atoms with Gasteiger partial charge in [0.05, 0.1) is 32.2 Å². The van der Waals surface area contributed by atoms with Gasteiger partial charge >= 0.3 is 17.4 Å². The molecule has 6 aromatic rings. The summed E-state index contributed by atoms with van der Waals surface area (Å²) in [5.41, 5.74) is 9.00. The molecule has 0 unspecified atom stereocenters. The summed E-state index contributed by atoms with van der Waals surface area (Å²) < 4.78 is 67.6. The van der Waals surface area contributed by atoms with Crippen molar-refractivity contribution in [2.75, 3.05) is 11.5 Å². The molecule has 22 nitrogen and oxygen atoms in total. The number of rotatable bonds is 8. The van der Waals surface area contributed by atoms with Crippen LogP contribution >= 0.6 is 0 Å². The first-order valence-electron chi connectivity index (χ1n) is 14.9. The zero-order valence-corrected chi connectivity index (χ0v) is 30.9. The number of nitrogens with zero attached hydrogens (tertiary/aromatic N) is 6. The summed E-state index contributed by atoms with van der Waals surface area (Å²) in [7, 11) is -9.90. The number of benzene rings is 6. The number of azo groups is 2. The van der Waals surface area contributed by atoms with Crippen molar-refractivity contribution in [1.82, 2.24) is 0 Å². The van der Waals surface area contributed by atoms with Crippen molar-refractivity contribution < 1.29 is 73.6 Å². The largest absolute Gasteiger partial charge is 3.00 e. The number of hydrogen-bond acceptors (Lipinski definition) is 19. The van der Waals surface area contributed by atoms with Gasteiger partial charge in [0.2, 0.25) is 0 Å². The number of phenols is 2. The molecule has 0 saturated carbocycles. The standard InChI is InChI=1S/2C16H12N4O7S.Cr/c2*17-9-1-3-11-8(5-9)6-14(28(25,26)27)15(16(11)22)19-18-12-4-2-10(20(23)24)7-13(12)21;/h2*1-7,21-22H,17H2,(H,25,26,27);/q;;+3/p-3. The maximum absolute atomic E-state index is 12.6. The number of phenolic OH excluding ortho intramolecular Hbond substituents is 2. The van der Waals surface area contributed by atoms with E-state index in [1.165, 1.54) is 36.4 Å². The van der Waals surface area contributed by atoms with Crippen LogP contribution in [0.25, 0.3) is 21.5 Å². The Kier molecular flexibility index (Phi) is 12.3. The zero-order valence-electron chi connectivity index (χ0n) is 28.0. The van der Waals surface area contributed by atoms with Crippen molar-refractivity contribution in [1.29, 1.82) is 0 Å². The van der Waals surface area contributed by atoms with Crippen LogP contribution in [0.4, 0.5) is 45.5 Å². The van der Waals surface area contributed by atoms with Gasteiger partial charge in [0.15, 0.2) is 5.75 Å². The van der Waals surface area contributed by atoms with Crippen LogP contribution in [0.5, 0.6) is 23.0 Å². The number of nitrogen functional groups attached to an aromatic ring is 2. The topological polar surface area (TPSA) is 386 Å². The number of nitrogens with two attached hydrogens (primary N) is 2. The fourth-order valence-electron chi connectivity index (χ4n) is 4.92. The summed E-state index contributed by atoms with van der Waals surface area (Å²) in [4.78, 5) is 18.2. The predicted molar refractivity (Wildman–Crippen MR) is 191 cm³/mol. The fraction of sp³-hybridized carbons (Fsp3) is 0. The second-order valence-corrected chi connectivity index (χ2v) is 14.0. The molecule has 0 fully saturated rings. The van der Waals surface area contributed by atoms with E-state index in [2.05, 4.69) is 20.5 Å². The van der Waals surface area contributed by atoms with Gasteiger partial charge in [-0.2, -0.15) is 13.5 Å². The predicted octanol–water partition coefficient (Wildman–Crippen LogP) is 5.20. The Labute approximate surface area is 329 Å². The van der Waals surface area contributed by atoms with Crippen molar-refractivity contribution in [2.45, 2.75) is 9.79 Å². The molecule has 25 heteroatoms. The molecule has 0 amide bonds. The number of hydrogen-bond donors (Lipinski definition) is 5. The van der Waals surface area contributed by atoms with Gasteiger partial charge in [-0.3, -0.25) is 24.8 Å². The van der Waals surface area contributed by atoms with Gasteiger partial charge in [-0.1, -0.05) is 17.6 Å². The first-order valence-corrected chi connectivity index (χ1v) is 17.8. The summed E-state index contributed by atoms with van der Waals surface area (Å²) in [5.74, 6) is -2.94. The third-order valence-corrected chi connectivity index (χ3v) is 9.23. The van der Waals surface area contributed by atoms with Crippen LogP contribution in [0.2, 0.25) is 0 Å². The molecular formula is C32H21CrN8O14S2. The van der Waals surface area contributed by atoms with E-state index in [1.807, 2.05) is 0 Å². The minimum Gasteiger partial charge on any atom is -0.871 e. The van der Waals surface area contributed by atoms with Crippen molar-refractivity contribution >= 4 is 87.3 Å². The van der Waals surface area contributed by atoms with E-state index in [1.54, 1.807) is 0 Å². The van der Waals surface area contributed by atoms with Crippen molar-refractivity contribution in [3.63, 3.8) is 0 Å². The molecule has 6 aromatic carbocycles. The van der Waals surface area contributed by atoms with Gasteiger partial charge in [-0.05, 0) is 70.8 Å². The number of aromatic hydroxyl groups is 2. The van der Waals surface area contributed by atoms with Crippen LogP contribution in [0, 0.1) is 20.2 Å². The summed E-state index contributed by atoms with van der Waals surface area (Å²) in [6, 6.07) is 16.0. The molecule has 7 N–H and O–H groups in total. The number of nitro benzene ring substituents is 2. The molecule has 0 bridgehead atoms. The summed E-state index contributed by atoms with van der Waals surface area (Å²) >= 11 is 0. The number of anilines is 2. The minimum atomic E-state index is -5.10. The third-order valence-electron chi connectivity index (χ3n) is 7.52. The van der Waals surface area contributed by atoms with Crippen LogP contribution in [0.15, 0.2) is 115 Å². The number of non-ortho nitro benzene ring substituents is 2. The Morgan fingerprint density at radius 3 is 1.63 bits per heavy atom. The second-order valence-electron chi connectivity index (χ2n) is 11.3. The monoisotopic (exact) mass is 857 g/mol. The van der Waals surface area contributed by atoms with Crippen molar-refractivity contribution in [3.8, 4) is 23.0 Å². The van der Waals surface area contributed by atoms with Gasteiger partial charge in [0.25, 0.3) is 21.5 Å². The normalized spacial score (nSPS) is 11.7. The molecule has 57 heavy (non-hydrogen) atoms.